The monoisotopic (exact) mass is 393 g/mol. The molecular formula is C22H23N3O4. The van der Waals surface area contributed by atoms with Gasteiger partial charge in [-0.3, -0.25) is 9.69 Å². The molecule has 1 amide bonds. The predicted octanol–water partition coefficient (Wildman–Crippen LogP) is 3.54. The number of carbonyl (C=O) groups is 1. The molecule has 0 aliphatic carbocycles. The van der Waals surface area contributed by atoms with Crippen LogP contribution in [0.5, 0.6) is 0 Å². The number of carboxylic acid groups (broad SMARTS) is 1. The van der Waals surface area contributed by atoms with E-state index < -0.39 is 6.09 Å². The number of fused-ring (bicyclic) bond motifs is 1. The number of amides is 1. The molecule has 1 aliphatic rings. The van der Waals surface area contributed by atoms with Crippen LogP contribution in [0.4, 0.5) is 16.2 Å². The molecule has 7 nitrogen and oxygen atoms in total. The van der Waals surface area contributed by atoms with E-state index in [2.05, 4.69) is 16.0 Å². The van der Waals surface area contributed by atoms with Crippen LogP contribution < -0.4 is 15.4 Å². The van der Waals surface area contributed by atoms with Crippen LogP contribution in [0.3, 0.4) is 0 Å². The zero-order valence-electron chi connectivity index (χ0n) is 16.2. The third kappa shape index (κ3) is 3.69. The number of rotatable bonds is 4. The number of aromatic nitrogens is 1. The summed E-state index contributed by atoms with van der Waals surface area (Å²) < 4.78 is 5.45. The molecule has 1 saturated heterocycles. The quantitative estimate of drug-likeness (QED) is 0.708. The van der Waals surface area contributed by atoms with Crippen LogP contribution in [0.15, 0.2) is 53.3 Å². The van der Waals surface area contributed by atoms with Crippen LogP contribution in [0.2, 0.25) is 0 Å². The molecule has 1 aromatic heterocycles. The lowest BCUT2D eigenvalue weighted by Gasteiger charge is -2.30. The molecule has 1 aliphatic heterocycles. The summed E-state index contributed by atoms with van der Waals surface area (Å²) in [5.41, 5.74) is 3.00. The molecule has 0 spiro atoms. The molecule has 0 atom stereocenters. The van der Waals surface area contributed by atoms with E-state index in [1.165, 1.54) is 4.90 Å². The van der Waals surface area contributed by atoms with Crippen molar-refractivity contribution in [1.29, 1.82) is 0 Å². The predicted molar refractivity (Wildman–Crippen MR) is 114 cm³/mol. The Kier molecular flexibility index (Phi) is 5.22. The number of hydrogen-bond donors (Lipinski definition) is 2. The molecule has 7 heteroatoms. The highest BCUT2D eigenvalue weighted by Crippen LogP contribution is 2.31. The van der Waals surface area contributed by atoms with Gasteiger partial charge in [-0.2, -0.15) is 0 Å². The van der Waals surface area contributed by atoms with E-state index in [1.54, 1.807) is 25.1 Å². The number of H-pyrrole nitrogens is 1. The SMILES string of the molecule is CCN(C(=O)O)c1ccc2cc(-c3ccccc3N3CCOCC3)[nH]c(=O)c2c1. The number of pyridine rings is 1. The molecule has 0 unspecified atom stereocenters. The standard InChI is InChI=1S/C22H23N3O4/c1-2-25(22(27)28)16-8-7-15-13-19(23-21(26)18(15)14-16)17-5-3-4-6-20(17)24-9-11-29-12-10-24/h3-8,13-14H,2,9-12H2,1H3,(H,23,26)(H,27,28). The first-order chi connectivity index (χ1) is 14.1. The molecule has 4 rings (SSSR count). The molecule has 0 radical (unpaired) electrons. The number of para-hydroxylation sites is 1. The average molecular weight is 393 g/mol. The first-order valence-corrected chi connectivity index (χ1v) is 9.68. The Morgan fingerprint density at radius 1 is 1.17 bits per heavy atom. The highest BCUT2D eigenvalue weighted by atomic mass is 16.5. The fourth-order valence-corrected chi connectivity index (χ4v) is 3.77. The second-order valence-corrected chi connectivity index (χ2v) is 6.93. The third-order valence-corrected chi connectivity index (χ3v) is 5.23. The molecule has 0 saturated carbocycles. The van der Waals surface area contributed by atoms with Crippen molar-refractivity contribution < 1.29 is 14.6 Å². The maximum absolute atomic E-state index is 12.8. The average Bonchev–Trinajstić information content (AvgIpc) is 2.75. The van der Waals surface area contributed by atoms with Gasteiger partial charge in [0.15, 0.2) is 0 Å². The summed E-state index contributed by atoms with van der Waals surface area (Å²) in [7, 11) is 0. The lowest BCUT2D eigenvalue weighted by atomic mass is 10.0. The molecule has 29 heavy (non-hydrogen) atoms. The molecular weight excluding hydrogens is 370 g/mol. The van der Waals surface area contributed by atoms with Crippen molar-refractivity contribution in [3.05, 3.63) is 58.9 Å². The summed E-state index contributed by atoms with van der Waals surface area (Å²) in [5, 5.41) is 10.6. The van der Waals surface area contributed by atoms with Gasteiger partial charge in [-0.15, -0.1) is 0 Å². The van der Waals surface area contributed by atoms with E-state index >= 15 is 0 Å². The van der Waals surface area contributed by atoms with Crippen LogP contribution >= 0.6 is 0 Å². The van der Waals surface area contributed by atoms with Gasteiger partial charge in [-0.05, 0) is 36.6 Å². The van der Waals surface area contributed by atoms with E-state index in [9.17, 15) is 14.7 Å². The molecule has 150 valence electrons. The Morgan fingerprint density at radius 3 is 2.66 bits per heavy atom. The Bertz CT molecular complexity index is 1100. The maximum atomic E-state index is 12.8. The van der Waals surface area contributed by atoms with E-state index in [0.29, 0.717) is 30.8 Å². The van der Waals surface area contributed by atoms with Crippen molar-refractivity contribution >= 4 is 28.2 Å². The summed E-state index contributed by atoms with van der Waals surface area (Å²) in [6.45, 7) is 5.05. The second kappa shape index (κ2) is 7.97. The first-order valence-electron chi connectivity index (χ1n) is 9.68. The zero-order chi connectivity index (χ0) is 20.4. The first kappa shape index (κ1) is 19.0. The Balaban J connectivity index is 1.79. The summed E-state index contributed by atoms with van der Waals surface area (Å²) in [6.07, 6.45) is -1.04. The number of nitrogens with zero attached hydrogens (tertiary/aromatic N) is 2. The van der Waals surface area contributed by atoms with Gasteiger partial charge >= 0.3 is 6.09 Å². The highest BCUT2D eigenvalue weighted by Gasteiger charge is 2.17. The van der Waals surface area contributed by atoms with Crippen LogP contribution in [0.1, 0.15) is 6.92 Å². The highest BCUT2D eigenvalue weighted by molar-refractivity contribution is 5.93. The largest absolute Gasteiger partial charge is 0.465 e. The molecule has 1 fully saturated rings. The maximum Gasteiger partial charge on any atom is 0.411 e. The zero-order valence-corrected chi connectivity index (χ0v) is 16.2. The second-order valence-electron chi connectivity index (χ2n) is 6.93. The number of aromatic amines is 1. The van der Waals surface area contributed by atoms with Crippen molar-refractivity contribution in [3.63, 3.8) is 0 Å². The Morgan fingerprint density at radius 2 is 1.93 bits per heavy atom. The molecule has 0 bridgehead atoms. The van der Waals surface area contributed by atoms with Gasteiger partial charge in [-0.25, -0.2) is 4.79 Å². The van der Waals surface area contributed by atoms with E-state index in [-0.39, 0.29) is 5.56 Å². The van der Waals surface area contributed by atoms with Gasteiger partial charge in [0, 0.05) is 42.0 Å². The summed E-state index contributed by atoms with van der Waals surface area (Å²) in [6, 6.07) is 15.1. The minimum Gasteiger partial charge on any atom is -0.465 e. The molecule has 3 aromatic rings. The van der Waals surface area contributed by atoms with E-state index in [4.69, 9.17) is 4.74 Å². The number of anilines is 2. The van der Waals surface area contributed by atoms with Crippen molar-refractivity contribution in [3.8, 4) is 11.3 Å². The van der Waals surface area contributed by atoms with Crippen LogP contribution in [-0.4, -0.2) is 49.0 Å². The van der Waals surface area contributed by atoms with E-state index in [0.717, 1.165) is 35.4 Å². The van der Waals surface area contributed by atoms with Gasteiger partial charge in [0.2, 0.25) is 0 Å². The van der Waals surface area contributed by atoms with Crippen LogP contribution in [0, 0.1) is 0 Å². The van der Waals surface area contributed by atoms with Crippen LogP contribution in [-0.2, 0) is 4.74 Å². The number of morpholine rings is 1. The smallest absolute Gasteiger partial charge is 0.411 e. The van der Waals surface area contributed by atoms with Gasteiger partial charge in [0.1, 0.15) is 0 Å². The lowest BCUT2D eigenvalue weighted by molar-refractivity contribution is 0.123. The van der Waals surface area contributed by atoms with Gasteiger partial charge in [-0.1, -0.05) is 24.3 Å². The van der Waals surface area contributed by atoms with Crippen LogP contribution in [0.25, 0.3) is 22.0 Å². The Labute approximate surface area is 168 Å². The lowest BCUT2D eigenvalue weighted by Crippen LogP contribution is -2.36. The third-order valence-electron chi connectivity index (χ3n) is 5.23. The summed E-state index contributed by atoms with van der Waals surface area (Å²) in [5.74, 6) is 0. The summed E-state index contributed by atoms with van der Waals surface area (Å²) >= 11 is 0. The van der Waals surface area contributed by atoms with Crippen molar-refractivity contribution in [1.82, 2.24) is 4.98 Å². The Hall–Kier alpha value is -3.32. The normalized spacial score (nSPS) is 14.2. The topological polar surface area (TPSA) is 85.9 Å². The molecule has 2 N–H and O–H groups in total. The summed E-state index contributed by atoms with van der Waals surface area (Å²) in [4.78, 5) is 30.7. The van der Waals surface area contributed by atoms with Crippen molar-refractivity contribution in [2.45, 2.75) is 6.92 Å². The van der Waals surface area contributed by atoms with Gasteiger partial charge < -0.3 is 19.7 Å². The molecule has 2 aromatic carbocycles. The van der Waals surface area contributed by atoms with Gasteiger partial charge in [0.25, 0.3) is 5.56 Å². The van der Waals surface area contributed by atoms with Crippen molar-refractivity contribution in [2.24, 2.45) is 0 Å². The van der Waals surface area contributed by atoms with E-state index in [1.807, 2.05) is 24.3 Å². The van der Waals surface area contributed by atoms with Crippen molar-refractivity contribution in [2.75, 3.05) is 42.6 Å². The number of benzene rings is 2. The fourth-order valence-electron chi connectivity index (χ4n) is 3.77. The number of ether oxygens (including phenoxy) is 1. The number of hydrogen-bond acceptors (Lipinski definition) is 4. The fraction of sp³-hybridized carbons (Fsp3) is 0.273. The molecule has 2 heterocycles. The number of nitrogens with one attached hydrogen (secondary N) is 1. The minimum atomic E-state index is -1.04. The van der Waals surface area contributed by atoms with Gasteiger partial charge in [0.05, 0.1) is 18.9 Å². The minimum absolute atomic E-state index is 0.238.